The van der Waals surface area contributed by atoms with Crippen molar-refractivity contribution in [1.29, 1.82) is 0 Å². The van der Waals surface area contributed by atoms with Crippen LogP contribution in [-0.2, 0) is 12.7 Å². The smallest absolute Gasteiger partial charge is 0.326 e. The number of benzene rings is 1. The van der Waals surface area contributed by atoms with E-state index in [4.69, 9.17) is 5.73 Å². The van der Waals surface area contributed by atoms with Gasteiger partial charge >= 0.3 is 6.18 Å². The zero-order valence-electron chi connectivity index (χ0n) is 12.5. The monoisotopic (exact) mass is 329 g/mol. The van der Waals surface area contributed by atoms with E-state index in [1.54, 1.807) is 13.8 Å². The molecule has 1 aromatic heterocycles. The quantitative estimate of drug-likeness (QED) is 0.850. The fourth-order valence-corrected chi connectivity index (χ4v) is 2.14. The van der Waals surface area contributed by atoms with E-state index < -0.39 is 34.5 Å². The molecule has 3 N–H and O–H groups in total. The summed E-state index contributed by atoms with van der Waals surface area (Å²) in [5.74, 6) is -1.79. The highest BCUT2D eigenvalue weighted by molar-refractivity contribution is 5.63. The number of nitrogens with one attached hydrogen (secondary N) is 1. The Morgan fingerprint density at radius 1 is 1.30 bits per heavy atom. The molecule has 0 aliphatic heterocycles. The summed E-state index contributed by atoms with van der Waals surface area (Å²) >= 11 is 0. The highest BCUT2D eigenvalue weighted by atomic mass is 19.4. The van der Waals surface area contributed by atoms with Crippen molar-refractivity contribution in [3.05, 3.63) is 51.2 Å². The standard InChI is InChI=1S/C15H15F4N3O/c1-7(2)10-5-11(23)22-14(21-10)12-9(15(17,18)19)4-3-8(6-20)13(12)16/h3-5,7H,6,20H2,1-2H3,(H,21,22,23). The molecule has 0 saturated heterocycles. The molecule has 4 nitrogen and oxygen atoms in total. The van der Waals surface area contributed by atoms with Crippen LogP contribution in [0.25, 0.3) is 11.4 Å². The van der Waals surface area contributed by atoms with E-state index in [0.717, 1.165) is 12.1 Å². The van der Waals surface area contributed by atoms with Crippen molar-refractivity contribution >= 4 is 0 Å². The number of aromatic nitrogens is 2. The van der Waals surface area contributed by atoms with E-state index in [-0.39, 0.29) is 23.7 Å². The zero-order chi connectivity index (χ0) is 17.4. The van der Waals surface area contributed by atoms with E-state index in [0.29, 0.717) is 0 Å². The minimum Gasteiger partial charge on any atom is -0.326 e. The SMILES string of the molecule is CC(C)c1cc(=O)[nH]c(-c2c(C(F)(F)F)ccc(CN)c2F)n1. The molecule has 2 aromatic rings. The molecule has 0 unspecified atom stereocenters. The van der Waals surface area contributed by atoms with Crippen LogP contribution in [0.2, 0.25) is 0 Å². The second-order valence-corrected chi connectivity index (χ2v) is 5.34. The summed E-state index contributed by atoms with van der Waals surface area (Å²) in [5.41, 5.74) is 2.88. The maximum Gasteiger partial charge on any atom is 0.417 e. The summed E-state index contributed by atoms with van der Waals surface area (Å²) in [6.45, 7) is 3.18. The van der Waals surface area contributed by atoms with Crippen LogP contribution in [-0.4, -0.2) is 9.97 Å². The van der Waals surface area contributed by atoms with E-state index in [2.05, 4.69) is 9.97 Å². The molecule has 0 fully saturated rings. The van der Waals surface area contributed by atoms with Crippen LogP contribution in [0.15, 0.2) is 23.0 Å². The predicted octanol–water partition coefficient (Wildman–Crippen LogP) is 3.18. The molecule has 0 radical (unpaired) electrons. The van der Waals surface area contributed by atoms with E-state index >= 15 is 0 Å². The van der Waals surface area contributed by atoms with Crippen LogP contribution in [0.4, 0.5) is 17.6 Å². The third kappa shape index (κ3) is 3.42. The number of alkyl halides is 3. The van der Waals surface area contributed by atoms with E-state index in [1.807, 2.05) is 0 Å². The maximum atomic E-state index is 14.5. The Balaban J connectivity index is 2.83. The molecule has 0 bridgehead atoms. The third-order valence-electron chi connectivity index (χ3n) is 3.34. The highest BCUT2D eigenvalue weighted by Gasteiger charge is 2.36. The first-order valence-electron chi connectivity index (χ1n) is 6.85. The number of aromatic amines is 1. The number of rotatable bonds is 3. The highest BCUT2D eigenvalue weighted by Crippen LogP contribution is 2.38. The summed E-state index contributed by atoms with van der Waals surface area (Å²) in [6.07, 6.45) is -4.80. The summed E-state index contributed by atoms with van der Waals surface area (Å²) in [7, 11) is 0. The predicted molar refractivity (Wildman–Crippen MR) is 77.2 cm³/mol. The van der Waals surface area contributed by atoms with Crippen LogP contribution in [0, 0.1) is 5.82 Å². The van der Waals surface area contributed by atoms with Crippen LogP contribution >= 0.6 is 0 Å². The molecular weight excluding hydrogens is 314 g/mol. The van der Waals surface area contributed by atoms with Gasteiger partial charge in [0.25, 0.3) is 5.56 Å². The van der Waals surface area contributed by atoms with Crippen molar-refractivity contribution in [3.8, 4) is 11.4 Å². The van der Waals surface area contributed by atoms with Gasteiger partial charge in [-0.15, -0.1) is 0 Å². The molecule has 1 heterocycles. The molecule has 0 spiro atoms. The molecular formula is C15H15F4N3O. The van der Waals surface area contributed by atoms with Gasteiger partial charge in [0.2, 0.25) is 0 Å². The molecule has 0 saturated carbocycles. The lowest BCUT2D eigenvalue weighted by Crippen LogP contribution is -2.16. The minimum absolute atomic E-state index is 0.0920. The average Bonchev–Trinajstić information content (AvgIpc) is 2.45. The van der Waals surface area contributed by atoms with Gasteiger partial charge in [-0.25, -0.2) is 9.37 Å². The molecule has 0 aliphatic carbocycles. The van der Waals surface area contributed by atoms with Crippen LogP contribution in [0.1, 0.15) is 36.6 Å². The van der Waals surface area contributed by atoms with Gasteiger partial charge in [-0.05, 0) is 12.0 Å². The fourth-order valence-electron chi connectivity index (χ4n) is 2.14. The Bertz CT molecular complexity index is 781. The van der Waals surface area contributed by atoms with Crippen LogP contribution in [0.3, 0.4) is 0 Å². The second kappa shape index (κ2) is 6.11. The Morgan fingerprint density at radius 2 is 1.96 bits per heavy atom. The van der Waals surface area contributed by atoms with Gasteiger partial charge in [-0.2, -0.15) is 13.2 Å². The fraction of sp³-hybridized carbons (Fsp3) is 0.333. The number of hydrogen-bond acceptors (Lipinski definition) is 3. The molecule has 0 amide bonds. The number of nitrogens with two attached hydrogens (primary N) is 1. The summed E-state index contributed by atoms with van der Waals surface area (Å²) in [5, 5.41) is 0. The number of hydrogen-bond donors (Lipinski definition) is 2. The van der Waals surface area contributed by atoms with Crippen LogP contribution in [0.5, 0.6) is 0 Å². The Kier molecular flexibility index (Phi) is 4.56. The van der Waals surface area contributed by atoms with Crippen molar-refractivity contribution < 1.29 is 17.6 Å². The summed E-state index contributed by atoms with van der Waals surface area (Å²) in [4.78, 5) is 17.8. The average molecular weight is 329 g/mol. The first-order valence-corrected chi connectivity index (χ1v) is 6.85. The first kappa shape index (κ1) is 17.1. The molecule has 0 aliphatic rings. The van der Waals surface area contributed by atoms with Crippen molar-refractivity contribution in [3.63, 3.8) is 0 Å². The van der Waals surface area contributed by atoms with Gasteiger partial charge in [0.05, 0.1) is 16.8 Å². The zero-order valence-corrected chi connectivity index (χ0v) is 12.5. The van der Waals surface area contributed by atoms with Gasteiger partial charge in [-0.1, -0.05) is 19.9 Å². The summed E-state index contributed by atoms with van der Waals surface area (Å²) < 4.78 is 54.0. The second-order valence-electron chi connectivity index (χ2n) is 5.34. The van der Waals surface area contributed by atoms with E-state index in [1.165, 1.54) is 6.07 Å². The minimum atomic E-state index is -4.80. The third-order valence-corrected chi connectivity index (χ3v) is 3.34. The van der Waals surface area contributed by atoms with Crippen molar-refractivity contribution in [2.45, 2.75) is 32.5 Å². The number of nitrogens with zero attached hydrogens (tertiary/aromatic N) is 1. The van der Waals surface area contributed by atoms with Crippen molar-refractivity contribution in [2.75, 3.05) is 0 Å². The van der Waals surface area contributed by atoms with Gasteiger partial charge in [-0.3, -0.25) is 4.79 Å². The lowest BCUT2D eigenvalue weighted by molar-refractivity contribution is -0.137. The Hall–Kier alpha value is -2.22. The van der Waals surface area contributed by atoms with Crippen molar-refractivity contribution in [1.82, 2.24) is 9.97 Å². The van der Waals surface area contributed by atoms with Gasteiger partial charge in [0.15, 0.2) is 0 Å². The first-order chi connectivity index (χ1) is 10.6. The summed E-state index contributed by atoms with van der Waals surface area (Å²) in [6, 6.07) is 2.89. The molecule has 8 heteroatoms. The Morgan fingerprint density at radius 3 is 2.48 bits per heavy atom. The maximum absolute atomic E-state index is 14.5. The normalized spacial score (nSPS) is 12.0. The van der Waals surface area contributed by atoms with Crippen LogP contribution < -0.4 is 11.3 Å². The van der Waals surface area contributed by atoms with Gasteiger partial charge in [0.1, 0.15) is 11.6 Å². The van der Waals surface area contributed by atoms with E-state index in [9.17, 15) is 22.4 Å². The van der Waals surface area contributed by atoms with Crippen molar-refractivity contribution in [2.24, 2.45) is 5.73 Å². The number of H-pyrrole nitrogens is 1. The Labute approximate surface area is 129 Å². The molecule has 2 rings (SSSR count). The largest absolute Gasteiger partial charge is 0.417 e. The topological polar surface area (TPSA) is 71.8 Å². The molecule has 1 aromatic carbocycles. The number of halogens is 4. The van der Waals surface area contributed by atoms with Gasteiger partial charge < -0.3 is 10.7 Å². The molecule has 23 heavy (non-hydrogen) atoms. The van der Waals surface area contributed by atoms with Gasteiger partial charge in [0, 0.05) is 18.2 Å². The molecule has 0 atom stereocenters. The lowest BCUT2D eigenvalue weighted by atomic mass is 10.0. The lowest BCUT2D eigenvalue weighted by Gasteiger charge is -2.16. The molecule has 124 valence electrons.